The van der Waals surface area contributed by atoms with E-state index in [1.165, 1.54) is 0 Å². The summed E-state index contributed by atoms with van der Waals surface area (Å²) in [5.41, 5.74) is 16.8. The molecular weight excluding hydrogens is 953 g/mol. The van der Waals surface area contributed by atoms with Gasteiger partial charge in [-0.3, -0.25) is 33.6 Å². The topological polar surface area (TPSA) is 284 Å². The van der Waals surface area contributed by atoms with Gasteiger partial charge >= 0.3 is 6.09 Å². The highest BCUT2D eigenvalue weighted by Crippen LogP contribution is 2.27. The molecule has 0 aliphatic heterocycles. The molecule has 0 bridgehead atoms. The highest BCUT2D eigenvalue weighted by atomic mass is 16.6. The SMILES string of the molecule is CC(C)(C)C(=O)C(CCCCN)CC(=O)C(N)Cc1ccccc1.CC(C)(C)NCC(=O)NCC(=O)NCC(=O)NCCNC(=O)OC(C)(C)C.CC(C)C.CC(C)C.CC(CC(=O)C(N)C(C)C)C(=O)C(C)(C)C. The van der Waals surface area contributed by atoms with Crippen LogP contribution in [0.15, 0.2) is 30.3 Å². The van der Waals surface area contributed by atoms with Crippen molar-refractivity contribution in [3.63, 3.8) is 0 Å². The van der Waals surface area contributed by atoms with Gasteiger partial charge in [-0.05, 0) is 90.7 Å². The van der Waals surface area contributed by atoms with Gasteiger partial charge in [0.1, 0.15) is 23.0 Å². The van der Waals surface area contributed by atoms with Crippen molar-refractivity contribution in [3.05, 3.63) is 35.9 Å². The van der Waals surface area contributed by atoms with E-state index in [4.69, 9.17) is 21.9 Å². The molecule has 4 unspecified atom stereocenters. The summed E-state index contributed by atoms with van der Waals surface area (Å²) < 4.78 is 5.05. The zero-order valence-corrected chi connectivity index (χ0v) is 50.8. The van der Waals surface area contributed by atoms with Gasteiger partial charge in [0.25, 0.3) is 0 Å². The van der Waals surface area contributed by atoms with Crippen molar-refractivity contribution in [2.45, 2.75) is 207 Å². The molecule has 0 saturated carbocycles. The van der Waals surface area contributed by atoms with Gasteiger partial charge in [-0.2, -0.15) is 0 Å². The molecule has 0 aliphatic carbocycles. The van der Waals surface area contributed by atoms with Crippen LogP contribution in [-0.4, -0.2) is 109 Å². The number of carbonyl (C=O) groups is 8. The molecule has 436 valence electrons. The van der Waals surface area contributed by atoms with Crippen LogP contribution in [0.1, 0.15) is 183 Å². The summed E-state index contributed by atoms with van der Waals surface area (Å²) in [4.78, 5) is 95.0. The Morgan fingerprint density at radius 1 is 0.560 bits per heavy atom. The van der Waals surface area contributed by atoms with Crippen molar-refractivity contribution in [2.75, 3.05) is 39.3 Å². The van der Waals surface area contributed by atoms with Gasteiger partial charge < -0.3 is 48.5 Å². The first-order valence-electron chi connectivity index (χ1n) is 27.0. The van der Waals surface area contributed by atoms with E-state index >= 15 is 0 Å². The van der Waals surface area contributed by atoms with Crippen LogP contribution in [0.2, 0.25) is 0 Å². The minimum Gasteiger partial charge on any atom is -0.444 e. The predicted octanol–water partition coefficient (Wildman–Crippen LogP) is 7.63. The third-order valence-electron chi connectivity index (χ3n) is 9.85. The van der Waals surface area contributed by atoms with E-state index in [0.29, 0.717) is 19.4 Å². The molecule has 17 nitrogen and oxygen atoms in total. The molecular formula is C58H110N8O9. The lowest BCUT2D eigenvalue weighted by atomic mass is 9.78. The molecule has 0 heterocycles. The lowest BCUT2D eigenvalue weighted by molar-refractivity contribution is -0.134. The summed E-state index contributed by atoms with van der Waals surface area (Å²) in [6.45, 7) is 41.7. The van der Waals surface area contributed by atoms with E-state index in [1.807, 2.05) is 106 Å². The smallest absolute Gasteiger partial charge is 0.407 e. The van der Waals surface area contributed by atoms with Crippen molar-refractivity contribution in [1.82, 2.24) is 26.6 Å². The van der Waals surface area contributed by atoms with Crippen LogP contribution in [0.25, 0.3) is 0 Å². The Morgan fingerprint density at radius 2 is 1.00 bits per heavy atom. The number of carbonyl (C=O) groups excluding carboxylic acids is 8. The Labute approximate surface area is 455 Å². The number of Topliss-reactive ketones (excluding diaryl/α,β-unsaturated/α-hetero) is 4. The molecule has 0 aromatic heterocycles. The predicted molar refractivity (Wildman–Crippen MR) is 307 cm³/mol. The average Bonchev–Trinajstić information content (AvgIpc) is 3.26. The van der Waals surface area contributed by atoms with E-state index in [-0.39, 0.29) is 103 Å². The van der Waals surface area contributed by atoms with E-state index in [2.05, 4.69) is 68.1 Å². The number of ketones is 4. The zero-order valence-electron chi connectivity index (χ0n) is 50.8. The highest BCUT2D eigenvalue weighted by molar-refractivity contribution is 5.93. The number of unbranched alkanes of at least 4 members (excludes halogenated alkanes) is 1. The number of benzene rings is 1. The molecule has 0 saturated heterocycles. The van der Waals surface area contributed by atoms with E-state index in [1.54, 1.807) is 27.7 Å². The van der Waals surface area contributed by atoms with Crippen molar-refractivity contribution >= 4 is 46.9 Å². The summed E-state index contributed by atoms with van der Waals surface area (Å²) in [5.74, 6) is 0.326. The number of ether oxygens (including phenoxy) is 1. The third kappa shape index (κ3) is 48.8. The summed E-state index contributed by atoms with van der Waals surface area (Å²) in [5, 5.41) is 12.9. The molecule has 0 aliphatic rings. The number of hydrogen-bond donors (Lipinski definition) is 8. The normalized spacial score (nSPS) is 13.0. The fourth-order valence-corrected chi connectivity index (χ4v) is 6.06. The lowest BCUT2D eigenvalue weighted by Gasteiger charge is -2.25. The Bertz CT molecular complexity index is 1780. The van der Waals surface area contributed by atoms with Crippen LogP contribution in [0, 0.1) is 40.4 Å². The second-order valence-corrected chi connectivity index (χ2v) is 24.9. The van der Waals surface area contributed by atoms with Crippen LogP contribution >= 0.6 is 0 Å². The van der Waals surface area contributed by atoms with Crippen LogP contribution in [0.4, 0.5) is 4.79 Å². The quantitative estimate of drug-likeness (QED) is 0.0463. The molecule has 0 spiro atoms. The van der Waals surface area contributed by atoms with Crippen molar-refractivity contribution in [1.29, 1.82) is 0 Å². The highest BCUT2D eigenvalue weighted by Gasteiger charge is 2.32. The van der Waals surface area contributed by atoms with Gasteiger partial charge in [0.15, 0.2) is 5.78 Å². The van der Waals surface area contributed by atoms with Gasteiger partial charge in [-0.1, -0.05) is 141 Å². The average molecular weight is 1060 g/mol. The van der Waals surface area contributed by atoms with Gasteiger partial charge in [0.2, 0.25) is 17.7 Å². The summed E-state index contributed by atoms with van der Waals surface area (Å²) >= 11 is 0. The molecule has 1 aromatic rings. The van der Waals surface area contributed by atoms with Gasteiger partial charge in [0.05, 0.1) is 31.7 Å². The van der Waals surface area contributed by atoms with Crippen molar-refractivity contribution in [3.8, 4) is 0 Å². The second-order valence-electron chi connectivity index (χ2n) is 24.9. The molecule has 17 heteroatoms. The maximum Gasteiger partial charge on any atom is 0.407 e. The summed E-state index contributed by atoms with van der Waals surface area (Å²) in [7, 11) is 0. The van der Waals surface area contributed by atoms with Crippen LogP contribution < -0.4 is 43.8 Å². The minimum atomic E-state index is -0.587. The summed E-state index contributed by atoms with van der Waals surface area (Å²) in [6, 6.07) is 8.73. The standard InChI is InChI=1S/C20H32N2O2.C17H33N5O5.C13H25NO2.2C4H10/c1-20(2,3)19(24)16(11-7-8-12-21)14-18(23)17(22)13-15-9-5-4-6-10-15;1-16(2,3)22-11-14(25)21-10-13(24)20-9-12(23)18-7-8-19-15(26)27-17(4,5)6;1-8(2)11(14)10(15)7-9(3)12(16)13(4,5)6;2*1-4(2)3/h4-6,9-10,16-17H,7-8,11-14,21-22H2,1-3H3;22H,7-11H2,1-6H3,(H,18,23)(H,19,26)(H,20,24)(H,21,25);8-9,11H,7,14H2,1-6H3;2*4H,1-3H3. The maximum absolute atomic E-state index is 12.7. The molecule has 1 rings (SSSR count). The van der Waals surface area contributed by atoms with E-state index < -0.39 is 41.0 Å². The van der Waals surface area contributed by atoms with E-state index in [9.17, 15) is 38.4 Å². The molecule has 0 fully saturated rings. The third-order valence-corrected chi connectivity index (χ3v) is 9.85. The van der Waals surface area contributed by atoms with Crippen LogP contribution in [0.5, 0.6) is 0 Å². The Kier molecular flexibility index (Phi) is 40.8. The number of alkyl carbamates (subject to hydrolysis) is 1. The first-order chi connectivity index (χ1) is 34.1. The first-order valence-corrected chi connectivity index (χ1v) is 27.0. The van der Waals surface area contributed by atoms with Crippen LogP contribution in [0.3, 0.4) is 0 Å². The maximum atomic E-state index is 12.7. The lowest BCUT2D eigenvalue weighted by Crippen LogP contribution is -2.47. The number of nitrogens with two attached hydrogens (primary N) is 3. The van der Waals surface area contributed by atoms with Crippen molar-refractivity contribution in [2.24, 2.45) is 57.6 Å². The monoisotopic (exact) mass is 1060 g/mol. The fraction of sp³-hybridized carbons (Fsp3) is 0.759. The number of amides is 4. The number of hydrogen-bond acceptors (Lipinski definition) is 13. The zero-order chi connectivity index (χ0) is 59.5. The number of rotatable bonds is 24. The fourth-order valence-electron chi connectivity index (χ4n) is 6.06. The molecule has 0 radical (unpaired) electrons. The second kappa shape index (κ2) is 39.7. The van der Waals surface area contributed by atoms with Gasteiger partial charge in [0, 0.05) is 54.1 Å². The summed E-state index contributed by atoms with van der Waals surface area (Å²) in [6.07, 6.45) is 2.88. The van der Waals surface area contributed by atoms with Gasteiger partial charge in [-0.25, -0.2) is 4.79 Å². The largest absolute Gasteiger partial charge is 0.444 e. The molecule has 75 heavy (non-hydrogen) atoms. The Balaban J connectivity index is -0.000000480. The Morgan fingerprint density at radius 3 is 1.41 bits per heavy atom. The molecule has 11 N–H and O–H groups in total. The van der Waals surface area contributed by atoms with E-state index in [0.717, 1.165) is 30.2 Å². The number of nitrogens with one attached hydrogen (secondary N) is 5. The van der Waals surface area contributed by atoms with Gasteiger partial charge in [-0.15, -0.1) is 0 Å². The minimum absolute atomic E-state index is 0.0138. The van der Waals surface area contributed by atoms with Crippen molar-refractivity contribution < 1.29 is 43.1 Å². The van der Waals surface area contributed by atoms with Crippen LogP contribution in [-0.2, 0) is 44.7 Å². The molecule has 1 aromatic carbocycles. The Hall–Kier alpha value is -4.58. The first kappa shape index (κ1) is 76.9. The molecule has 4 amide bonds. The molecule has 4 atom stereocenters.